The number of unbranched alkanes of at least 4 members (excludes halogenated alkanes) is 21. The molecule has 1 saturated heterocycles. The highest BCUT2D eigenvalue weighted by Gasteiger charge is 2.46. The summed E-state index contributed by atoms with van der Waals surface area (Å²) in [7, 11) is -4.60. The molecule has 1 aliphatic rings. The van der Waals surface area contributed by atoms with Crippen molar-refractivity contribution in [2.45, 2.75) is 224 Å². The molecular formula is C44H80O12S. The zero-order valence-electron chi connectivity index (χ0n) is 35.4. The lowest BCUT2D eigenvalue weighted by molar-refractivity contribution is -0.297. The molecule has 57 heavy (non-hydrogen) atoms. The summed E-state index contributed by atoms with van der Waals surface area (Å²) in [5.74, 6) is -2.05. The third kappa shape index (κ3) is 29.9. The van der Waals surface area contributed by atoms with Gasteiger partial charge in [0.05, 0.1) is 6.61 Å². The molecule has 2 unspecified atom stereocenters. The number of carbonyl (C=O) groups is 2. The largest absolute Gasteiger partial charge is 0.462 e. The average molecular weight is 833 g/mol. The van der Waals surface area contributed by atoms with Crippen LogP contribution in [0, 0.1) is 0 Å². The topological polar surface area (TPSA) is 186 Å². The van der Waals surface area contributed by atoms with Crippen LogP contribution in [0.25, 0.3) is 0 Å². The second kappa shape index (κ2) is 34.9. The van der Waals surface area contributed by atoms with E-state index in [2.05, 4.69) is 32.1 Å². The molecule has 0 saturated carbocycles. The summed E-state index contributed by atoms with van der Waals surface area (Å²) in [6, 6.07) is 0. The number of allylic oxidation sites excluding steroid dienone is 4. The van der Waals surface area contributed by atoms with Gasteiger partial charge in [-0.3, -0.25) is 14.1 Å². The van der Waals surface area contributed by atoms with Crippen molar-refractivity contribution in [1.29, 1.82) is 0 Å². The van der Waals surface area contributed by atoms with Gasteiger partial charge < -0.3 is 34.3 Å². The van der Waals surface area contributed by atoms with Crippen LogP contribution < -0.4 is 0 Å². The fraction of sp³-hybridized carbons (Fsp3) is 0.864. The third-order valence-corrected chi connectivity index (χ3v) is 11.0. The van der Waals surface area contributed by atoms with Crippen molar-refractivity contribution in [3.63, 3.8) is 0 Å². The molecule has 13 heteroatoms. The van der Waals surface area contributed by atoms with Gasteiger partial charge in [0.25, 0.3) is 10.1 Å². The maximum atomic E-state index is 12.8. The van der Waals surface area contributed by atoms with Gasteiger partial charge in [0.15, 0.2) is 12.4 Å². The molecule has 6 atom stereocenters. The summed E-state index contributed by atoms with van der Waals surface area (Å²) in [5.41, 5.74) is 0. The van der Waals surface area contributed by atoms with Crippen LogP contribution in [0.1, 0.15) is 187 Å². The van der Waals surface area contributed by atoms with E-state index >= 15 is 0 Å². The molecule has 1 rings (SSSR count). The molecule has 0 amide bonds. The number of aliphatic hydroxyl groups excluding tert-OH is 3. The van der Waals surface area contributed by atoms with Crippen LogP contribution in [0.15, 0.2) is 24.3 Å². The monoisotopic (exact) mass is 833 g/mol. The minimum absolute atomic E-state index is 0.0813. The Morgan fingerprint density at radius 1 is 0.579 bits per heavy atom. The summed E-state index contributed by atoms with van der Waals surface area (Å²) in [6.45, 7) is 3.71. The Bertz CT molecular complexity index is 1160. The fourth-order valence-corrected chi connectivity index (χ4v) is 7.44. The van der Waals surface area contributed by atoms with E-state index in [1.54, 1.807) is 0 Å². The van der Waals surface area contributed by atoms with Crippen LogP contribution in [0.5, 0.6) is 0 Å². The third-order valence-electron chi connectivity index (χ3n) is 10.3. The van der Waals surface area contributed by atoms with Crippen molar-refractivity contribution in [2.24, 2.45) is 0 Å². The van der Waals surface area contributed by atoms with Gasteiger partial charge in [-0.1, -0.05) is 147 Å². The van der Waals surface area contributed by atoms with Gasteiger partial charge in [0, 0.05) is 12.8 Å². The molecule has 12 nitrogen and oxygen atoms in total. The van der Waals surface area contributed by atoms with E-state index in [1.165, 1.54) is 96.3 Å². The van der Waals surface area contributed by atoms with Crippen LogP contribution >= 0.6 is 0 Å². The summed E-state index contributed by atoms with van der Waals surface area (Å²) in [6.07, 6.45) is 28.1. The lowest BCUT2D eigenvalue weighted by Gasteiger charge is -2.40. The van der Waals surface area contributed by atoms with Crippen molar-refractivity contribution in [1.82, 2.24) is 0 Å². The molecule has 0 aliphatic carbocycles. The zero-order chi connectivity index (χ0) is 42.0. The van der Waals surface area contributed by atoms with E-state index in [0.717, 1.165) is 51.4 Å². The lowest BCUT2D eigenvalue weighted by Crippen LogP contribution is -2.60. The van der Waals surface area contributed by atoms with Crippen LogP contribution in [-0.4, -0.2) is 96.0 Å². The number of hydrogen-bond donors (Lipinski definition) is 4. The first-order chi connectivity index (χ1) is 27.5. The minimum Gasteiger partial charge on any atom is -0.462 e. The number of ether oxygens (including phenoxy) is 4. The van der Waals surface area contributed by atoms with E-state index in [9.17, 15) is 37.9 Å². The van der Waals surface area contributed by atoms with Crippen LogP contribution in [0.4, 0.5) is 0 Å². The van der Waals surface area contributed by atoms with Gasteiger partial charge in [0.1, 0.15) is 36.8 Å². The first-order valence-electron chi connectivity index (χ1n) is 22.4. The molecule has 334 valence electrons. The van der Waals surface area contributed by atoms with E-state index in [4.69, 9.17) is 18.9 Å². The Balaban J connectivity index is 2.48. The molecule has 0 bridgehead atoms. The van der Waals surface area contributed by atoms with Crippen molar-refractivity contribution in [3.8, 4) is 0 Å². The van der Waals surface area contributed by atoms with Gasteiger partial charge in [-0.15, -0.1) is 0 Å². The Morgan fingerprint density at radius 3 is 1.53 bits per heavy atom. The van der Waals surface area contributed by atoms with Gasteiger partial charge >= 0.3 is 11.9 Å². The zero-order valence-corrected chi connectivity index (χ0v) is 36.3. The SMILES string of the molecule is CCCCCCC/C=C/CCCCCCCC(=O)OC[C@H](CO[C@H]1O[C@H](CS(=O)(=O)O)[C@@H](O)C(O)C1O)OC(=O)CC/C=C/CCCCCCCCCCCCC. The van der Waals surface area contributed by atoms with E-state index in [1.807, 2.05) is 6.08 Å². The maximum Gasteiger partial charge on any atom is 0.306 e. The van der Waals surface area contributed by atoms with Crippen molar-refractivity contribution in [2.75, 3.05) is 19.0 Å². The summed E-state index contributed by atoms with van der Waals surface area (Å²) in [4.78, 5) is 25.3. The molecule has 1 heterocycles. The fourth-order valence-electron chi connectivity index (χ4n) is 6.75. The highest BCUT2D eigenvalue weighted by Crippen LogP contribution is 2.24. The van der Waals surface area contributed by atoms with E-state index < -0.39 is 71.2 Å². The molecule has 0 radical (unpaired) electrons. The van der Waals surface area contributed by atoms with E-state index in [-0.39, 0.29) is 19.4 Å². The molecule has 0 aromatic rings. The molecule has 4 N–H and O–H groups in total. The molecule has 0 aromatic carbocycles. The minimum atomic E-state index is -4.60. The number of rotatable bonds is 37. The molecule has 0 aromatic heterocycles. The second-order valence-electron chi connectivity index (χ2n) is 15.7. The van der Waals surface area contributed by atoms with Crippen molar-refractivity contribution < 1.29 is 56.8 Å². The predicted octanol–water partition coefficient (Wildman–Crippen LogP) is 8.84. The summed E-state index contributed by atoms with van der Waals surface area (Å²) in [5, 5.41) is 30.8. The van der Waals surface area contributed by atoms with Crippen molar-refractivity contribution in [3.05, 3.63) is 24.3 Å². The van der Waals surface area contributed by atoms with Crippen LogP contribution in [0.2, 0.25) is 0 Å². The highest BCUT2D eigenvalue weighted by atomic mass is 32.2. The first-order valence-corrected chi connectivity index (χ1v) is 24.0. The van der Waals surface area contributed by atoms with Gasteiger partial charge in [0.2, 0.25) is 0 Å². The Labute approximate surface area is 345 Å². The number of aliphatic hydroxyl groups is 3. The first kappa shape index (κ1) is 53.1. The van der Waals surface area contributed by atoms with Crippen molar-refractivity contribution >= 4 is 22.1 Å². The Morgan fingerprint density at radius 2 is 1.04 bits per heavy atom. The Hall–Kier alpha value is -1.87. The lowest BCUT2D eigenvalue weighted by atomic mass is 10.00. The molecule has 0 spiro atoms. The molecule has 1 aliphatic heterocycles. The second-order valence-corrected chi connectivity index (χ2v) is 17.2. The average Bonchev–Trinajstić information content (AvgIpc) is 3.17. The smallest absolute Gasteiger partial charge is 0.306 e. The normalized spacial score (nSPS) is 20.7. The molecular weight excluding hydrogens is 753 g/mol. The maximum absolute atomic E-state index is 12.8. The van der Waals surface area contributed by atoms with Gasteiger partial charge in [-0.2, -0.15) is 8.42 Å². The summed E-state index contributed by atoms with van der Waals surface area (Å²) < 4.78 is 53.9. The van der Waals surface area contributed by atoms with E-state index in [0.29, 0.717) is 12.8 Å². The van der Waals surface area contributed by atoms with Crippen LogP contribution in [-0.2, 0) is 38.7 Å². The summed E-state index contributed by atoms with van der Waals surface area (Å²) >= 11 is 0. The van der Waals surface area contributed by atoms with Gasteiger partial charge in [-0.25, -0.2) is 0 Å². The van der Waals surface area contributed by atoms with Crippen LogP contribution in [0.3, 0.4) is 0 Å². The number of hydrogen-bond acceptors (Lipinski definition) is 11. The number of esters is 2. The number of carbonyl (C=O) groups excluding carboxylic acids is 2. The quantitative estimate of drug-likeness (QED) is 0.0202. The Kier molecular flexibility index (Phi) is 32.6. The molecule has 1 fully saturated rings. The van der Waals surface area contributed by atoms with Gasteiger partial charge in [-0.05, 0) is 51.4 Å². The standard InChI is InChI=1S/C44H80O12S/c1-3-5-7-9-11-13-15-17-19-21-23-25-27-29-31-33-40(46)55-37(35-54-44-43(49)42(48)41(47)38(56-44)36-57(50,51)52)34-53-39(45)32-30-28-26-24-22-20-18-16-14-12-10-8-6-4-2/h16,18,27,29,37-38,41-44,47-49H,3-15,17,19-26,28,30-36H2,1-2H3,(H,50,51,52)/b18-16+,29-27+/t37-,38-,41-,42?,43?,44+/m1/s1. The predicted molar refractivity (Wildman–Crippen MR) is 224 cm³/mol. The highest BCUT2D eigenvalue weighted by molar-refractivity contribution is 7.85.